The van der Waals surface area contributed by atoms with E-state index < -0.39 is 10.0 Å². The van der Waals surface area contributed by atoms with E-state index in [4.69, 9.17) is 0 Å². The van der Waals surface area contributed by atoms with E-state index in [2.05, 4.69) is 5.32 Å². The monoisotopic (exact) mass is 427 g/mol. The lowest BCUT2D eigenvalue weighted by molar-refractivity contribution is -0.116. The van der Waals surface area contributed by atoms with Gasteiger partial charge in [0.2, 0.25) is 15.9 Å². The third-order valence-corrected chi connectivity index (χ3v) is 6.85. The minimum Gasteiger partial charge on any atom is -0.326 e. The summed E-state index contributed by atoms with van der Waals surface area (Å²) in [4.78, 5) is 25.1. The maximum Gasteiger partial charge on any atom is 0.251 e. The molecule has 7 nitrogen and oxygen atoms in total. The Balaban J connectivity index is 1.75. The minimum absolute atomic E-state index is 0.115. The highest BCUT2D eigenvalue weighted by Gasteiger charge is 2.17. The van der Waals surface area contributed by atoms with E-state index in [9.17, 15) is 18.0 Å². The van der Waals surface area contributed by atoms with Gasteiger partial charge in [-0.05, 0) is 49.2 Å². The van der Waals surface area contributed by atoms with Crippen molar-refractivity contribution in [3.05, 3.63) is 70.0 Å². The Bertz CT molecular complexity index is 1260. The zero-order valence-corrected chi connectivity index (χ0v) is 18.3. The van der Waals surface area contributed by atoms with Gasteiger partial charge >= 0.3 is 0 Å². The van der Waals surface area contributed by atoms with Crippen LogP contribution in [0.2, 0.25) is 0 Å². The molecule has 2 aromatic carbocycles. The first-order valence-electron chi connectivity index (χ1n) is 9.53. The van der Waals surface area contributed by atoms with Crippen molar-refractivity contribution in [1.29, 1.82) is 0 Å². The average molecular weight is 428 g/mol. The fourth-order valence-corrected chi connectivity index (χ4v) is 4.27. The van der Waals surface area contributed by atoms with E-state index in [0.717, 1.165) is 26.3 Å². The van der Waals surface area contributed by atoms with E-state index in [1.165, 1.54) is 26.2 Å². The summed E-state index contributed by atoms with van der Waals surface area (Å²) in [5.41, 5.74) is 3.09. The zero-order valence-electron chi connectivity index (χ0n) is 17.5. The molecule has 1 amide bonds. The Hall–Kier alpha value is -2.97. The van der Waals surface area contributed by atoms with Crippen LogP contribution < -0.4 is 10.9 Å². The van der Waals surface area contributed by atoms with Crippen molar-refractivity contribution < 1.29 is 13.2 Å². The molecule has 0 aliphatic carbocycles. The summed E-state index contributed by atoms with van der Waals surface area (Å²) in [5.74, 6) is -0.257. The lowest BCUT2D eigenvalue weighted by Gasteiger charge is -2.14. The molecular weight excluding hydrogens is 402 g/mol. The summed E-state index contributed by atoms with van der Waals surface area (Å²) < 4.78 is 27.0. The molecule has 0 unspecified atom stereocenters. The fourth-order valence-electron chi connectivity index (χ4n) is 3.37. The largest absolute Gasteiger partial charge is 0.326 e. The number of benzene rings is 2. The van der Waals surface area contributed by atoms with Crippen LogP contribution in [-0.2, 0) is 21.4 Å². The number of hydrogen-bond donors (Lipinski definition) is 1. The standard InChI is InChI=1S/C22H25N3O4S/c1-15-6-5-7-19-16(2)14-21(27)25(22(15)19)13-12-20(26)23-17-8-10-18(11-9-17)30(28,29)24(3)4/h5-11,14H,12-13H2,1-4H3,(H,23,26). The second-order valence-corrected chi connectivity index (χ2v) is 9.55. The molecule has 0 radical (unpaired) electrons. The van der Waals surface area contributed by atoms with Gasteiger partial charge in [-0.15, -0.1) is 0 Å². The lowest BCUT2D eigenvalue weighted by Crippen LogP contribution is -2.24. The van der Waals surface area contributed by atoms with Crippen LogP contribution in [0.25, 0.3) is 10.9 Å². The molecule has 0 atom stereocenters. The van der Waals surface area contributed by atoms with Crippen molar-refractivity contribution in [2.75, 3.05) is 19.4 Å². The molecule has 0 saturated heterocycles. The maximum atomic E-state index is 12.5. The van der Waals surface area contributed by atoms with Gasteiger partial charge < -0.3 is 9.88 Å². The SMILES string of the molecule is Cc1cc(=O)n(CCC(=O)Nc2ccc(S(=O)(=O)N(C)C)cc2)c2c(C)cccc12. The number of sulfonamides is 1. The van der Waals surface area contributed by atoms with E-state index in [-0.39, 0.29) is 29.3 Å². The highest BCUT2D eigenvalue weighted by Crippen LogP contribution is 2.21. The van der Waals surface area contributed by atoms with Crippen molar-refractivity contribution in [3.8, 4) is 0 Å². The number of aryl methyl sites for hydroxylation is 3. The van der Waals surface area contributed by atoms with Crippen LogP contribution in [0.4, 0.5) is 5.69 Å². The summed E-state index contributed by atoms with van der Waals surface area (Å²) in [6.45, 7) is 4.10. The second kappa shape index (κ2) is 8.41. The number of nitrogens with zero attached hydrogens (tertiary/aromatic N) is 2. The molecular formula is C22H25N3O4S. The summed E-state index contributed by atoms with van der Waals surface area (Å²) in [6.07, 6.45) is 0.115. The lowest BCUT2D eigenvalue weighted by atomic mass is 10.1. The fraction of sp³-hybridized carbons (Fsp3) is 0.273. The molecule has 1 N–H and O–H groups in total. The van der Waals surface area contributed by atoms with Crippen LogP contribution in [-0.4, -0.2) is 37.3 Å². The number of para-hydroxylation sites is 1. The number of amides is 1. The van der Waals surface area contributed by atoms with E-state index in [1.807, 2.05) is 32.0 Å². The summed E-state index contributed by atoms with van der Waals surface area (Å²) in [5, 5.41) is 3.74. The number of hydrogen-bond acceptors (Lipinski definition) is 4. The van der Waals surface area contributed by atoms with Crippen LogP contribution in [0.3, 0.4) is 0 Å². The number of carbonyl (C=O) groups is 1. The highest BCUT2D eigenvalue weighted by molar-refractivity contribution is 7.89. The Kier molecular flexibility index (Phi) is 6.09. The molecule has 3 aromatic rings. The third-order valence-electron chi connectivity index (χ3n) is 5.02. The van der Waals surface area contributed by atoms with Gasteiger partial charge in [-0.25, -0.2) is 12.7 Å². The Morgan fingerprint density at radius 2 is 1.70 bits per heavy atom. The summed E-state index contributed by atoms with van der Waals surface area (Å²) >= 11 is 0. The molecule has 30 heavy (non-hydrogen) atoms. The maximum absolute atomic E-state index is 12.5. The van der Waals surface area contributed by atoms with Crippen molar-refractivity contribution in [1.82, 2.24) is 8.87 Å². The van der Waals surface area contributed by atoms with Crippen LogP contribution in [0.5, 0.6) is 0 Å². The first-order valence-corrected chi connectivity index (χ1v) is 11.0. The van der Waals surface area contributed by atoms with Gasteiger partial charge in [0.05, 0.1) is 10.4 Å². The number of nitrogens with one attached hydrogen (secondary N) is 1. The van der Waals surface area contributed by atoms with Crippen LogP contribution >= 0.6 is 0 Å². The smallest absolute Gasteiger partial charge is 0.251 e. The molecule has 3 rings (SSSR count). The van der Waals surface area contributed by atoms with Crippen molar-refractivity contribution >= 4 is 32.5 Å². The number of aromatic nitrogens is 1. The van der Waals surface area contributed by atoms with Gasteiger partial charge in [-0.1, -0.05) is 18.2 Å². The van der Waals surface area contributed by atoms with Gasteiger partial charge in [0.1, 0.15) is 0 Å². The number of carbonyl (C=O) groups excluding carboxylic acids is 1. The predicted octanol–water partition coefficient (Wildman–Crippen LogP) is 2.90. The van der Waals surface area contributed by atoms with Gasteiger partial charge in [-0.2, -0.15) is 0 Å². The van der Waals surface area contributed by atoms with Gasteiger partial charge in [0.15, 0.2) is 0 Å². The van der Waals surface area contributed by atoms with Crippen molar-refractivity contribution in [3.63, 3.8) is 0 Å². The summed E-state index contributed by atoms with van der Waals surface area (Å²) in [6, 6.07) is 13.4. The Morgan fingerprint density at radius 3 is 2.33 bits per heavy atom. The molecule has 1 aromatic heterocycles. The minimum atomic E-state index is -3.52. The molecule has 0 spiro atoms. The normalized spacial score (nSPS) is 11.8. The van der Waals surface area contributed by atoms with Crippen molar-refractivity contribution in [2.45, 2.75) is 31.7 Å². The molecule has 0 saturated carbocycles. The van der Waals surface area contributed by atoms with Crippen LogP contribution in [0, 0.1) is 13.8 Å². The molecule has 0 bridgehead atoms. The first kappa shape index (κ1) is 21.7. The predicted molar refractivity (Wildman–Crippen MR) is 118 cm³/mol. The number of rotatable bonds is 6. The molecule has 1 heterocycles. The number of anilines is 1. The van der Waals surface area contributed by atoms with E-state index >= 15 is 0 Å². The second-order valence-electron chi connectivity index (χ2n) is 7.40. The molecule has 158 valence electrons. The Morgan fingerprint density at radius 1 is 1.03 bits per heavy atom. The molecule has 0 fully saturated rings. The molecule has 0 aliphatic heterocycles. The molecule has 0 aliphatic rings. The number of fused-ring (bicyclic) bond motifs is 1. The number of pyridine rings is 1. The zero-order chi connectivity index (χ0) is 22.1. The van der Waals surface area contributed by atoms with Gasteiger partial charge in [0, 0.05) is 44.2 Å². The van der Waals surface area contributed by atoms with E-state index in [0.29, 0.717) is 5.69 Å². The molecule has 8 heteroatoms. The third kappa shape index (κ3) is 4.29. The average Bonchev–Trinajstić information content (AvgIpc) is 2.68. The highest BCUT2D eigenvalue weighted by atomic mass is 32.2. The van der Waals surface area contributed by atoms with E-state index in [1.54, 1.807) is 22.8 Å². The topological polar surface area (TPSA) is 88.5 Å². The van der Waals surface area contributed by atoms with Gasteiger partial charge in [-0.3, -0.25) is 9.59 Å². The van der Waals surface area contributed by atoms with Crippen LogP contribution in [0.15, 0.2) is 58.2 Å². The van der Waals surface area contributed by atoms with Gasteiger partial charge in [0.25, 0.3) is 5.56 Å². The van der Waals surface area contributed by atoms with Crippen molar-refractivity contribution in [2.24, 2.45) is 0 Å². The Labute approximate surface area is 176 Å². The van der Waals surface area contributed by atoms with Crippen LogP contribution in [0.1, 0.15) is 17.5 Å². The summed E-state index contributed by atoms with van der Waals surface area (Å²) in [7, 11) is -0.596. The first-order chi connectivity index (χ1) is 14.1. The quantitative estimate of drug-likeness (QED) is 0.655.